The fourth-order valence-corrected chi connectivity index (χ4v) is 1.92. The second kappa shape index (κ2) is 4.64. The number of nitrogens with two attached hydrogens (primary N) is 1. The summed E-state index contributed by atoms with van der Waals surface area (Å²) in [6, 6.07) is 5.10. The lowest BCUT2D eigenvalue weighted by Crippen LogP contribution is -2.49. The summed E-state index contributed by atoms with van der Waals surface area (Å²) in [6.45, 7) is 2.14. The molecule has 2 rings (SSSR count). The van der Waals surface area contributed by atoms with Crippen LogP contribution in [-0.4, -0.2) is 24.6 Å². The fraction of sp³-hybridized carbons (Fsp3) is 0.455. The summed E-state index contributed by atoms with van der Waals surface area (Å²) in [5.74, 6) is 5.81. The average Bonchev–Trinajstić information content (AvgIpc) is 2.29. The zero-order valence-electron chi connectivity index (χ0n) is 9.17. The molecule has 1 aliphatic heterocycles. The first kappa shape index (κ1) is 12.3. The monoisotopic (exact) mass is 245 g/mol. The summed E-state index contributed by atoms with van der Waals surface area (Å²) in [4.78, 5) is 0. The van der Waals surface area contributed by atoms with Gasteiger partial charge in [-0.3, -0.25) is 5.84 Å². The van der Waals surface area contributed by atoms with Gasteiger partial charge >= 0.3 is 6.18 Å². The maximum atomic E-state index is 12.4. The van der Waals surface area contributed by atoms with E-state index in [2.05, 4.69) is 5.32 Å². The lowest BCUT2D eigenvalue weighted by molar-refractivity contribution is -0.137. The molecule has 0 bridgehead atoms. The fourth-order valence-electron chi connectivity index (χ4n) is 1.92. The van der Waals surface area contributed by atoms with Crippen molar-refractivity contribution in [2.75, 3.05) is 19.6 Å². The van der Waals surface area contributed by atoms with E-state index in [9.17, 15) is 13.2 Å². The molecule has 17 heavy (non-hydrogen) atoms. The first-order chi connectivity index (χ1) is 7.98. The normalized spacial score (nSPS) is 22.7. The molecule has 0 radical (unpaired) electrons. The highest BCUT2D eigenvalue weighted by Gasteiger charge is 2.30. The van der Waals surface area contributed by atoms with Crippen LogP contribution >= 0.6 is 0 Å². The first-order valence-corrected chi connectivity index (χ1v) is 5.37. The molecule has 1 aromatic carbocycles. The lowest BCUT2D eigenvalue weighted by atomic mass is 10.0. The van der Waals surface area contributed by atoms with Gasteiger partial charge in [0.05, 0.1) is 11.6 Å². The molecule has 1 saturated heterocycles. The minimum Gasteiger partial charge on any atom is -0.313 e. The summed E-state index contributed by atoms with van der Waals surface area (Å²) in [6.07, 6.45) is -4.29. The number of benzene rings is 1. The molecule has 1 aliphatic rings. The molecule has 0 aromatic heterocycles. The van der Waals surface area contributed by atoms with Crippen LogP contribution in [0.2, 0.25) is 0 Å². The minimum atomic E-state index is -4.29. The van der Waals surface area contributed by atoms with E-state index < -0.39 is 11.7 Å². The third-order valence-corrected chi connectivity index (χ3v) is 2.91. The molecule has 0 spiro atoms. The molecule has 1 unspecified atom stereocenters. The topological polar surface area (TPSA) is 41.3 Å². The Morgan fingerprint density at radius 3 is 2.41 bits per heavy atom. The van der Waals surface area contributed by atoms with Gasteiger partial charge in [0.25, 0.3) is 0 Å². The zero-order chi connectivity index (χ0) is 12.5. The summed E-state index contributed by atoms with van der Waals surface area (Å²) in [7, 11) is 0. The van der Waals surface area contributed by atoms with E-state index in [-0.39, 0.29) is 6.04 Å². The minimum absolute atomic E-state index is 0.0639. The van der Waals surface area contributed by atoms with E-state index in [1.807, 2.05) is 0 Å². The molecule has 1 fully saturated rings. The quantitative estimate of drug-likeness (QED) is 0.737. The molecule has 6 heteroatoms. The smallest absolute Gasteiger partial charge is 0.313 e. The number of nitrogens with one attached hydrogen (secondary N) is 1. The summed E-state index contributed by atoms with van der Waals surface area (Å²) >= 11 is 0. The van der Waals surface area contributed by atoms with Crippen LogP contribution in [0.3, 0.4) is 0 Å². The van der Waals surface area contributed by atoms with Crippen molar-refractivity contribution in [2.45, 2.75) is 12.2 Å². The summed E-state index contributed by atoms with van der Waals surface area (Å²) < 4.78 is 37.2. The second-order valence-corrected chi connectivity index (χ2v) is 4.08. The number of rotatable bonds is 1. The van der Waals surface area contributed by atoms with E-state index in [0.717, 1.165) is 24.2 Å². The Morgan fingerprint density at radius 1 is 1.24 bits per heavy atom. The highest BCUT2D eigenvalue weighted by Crippen LogP contribution is 2.30. The average molecular weight is 245 g/mol. The number of hydrogen-bond acceptors (Lipinski definition) is 3. The highest BCUT2D eigenvalue weighted by atomic mass is 19.4. The molecule has 1 aromatic rings. The van der Waals surface area contributed by atoms with Crippen molar-refractivity contribution < 1.29 is 13.2 Å². The predicted octanol–water partition coefficient (Wildman–Crippen LogP) is 1.53. The molecule has 0 saturated carbocycles. The molecular weight excluding hydrogens is 231 g/mol. The van der Waals surface area contributed by atoms with Gasteiger partial charge in [-0.25, -0.2) is 5.01 Å². The largest absolute Gasteiger partial charge is 0.416 e. The first-order valence-electron chi connectivity index (χ1n) is 5.37. The molecular formula is C11H14F3N3. The standard InChI is InChI=1S/C11H14F3N3/c12-11(13,14)9-3-1-8(2-4-9)10-7-16-5-6-17(10)15/h1-4,10,16H,5-7,15H2. The van der Waals surface area contributed by atoms with Gasteiger partial charge in [0.15, 0.2) is 0 Å². The van der Waals surface area contributed by atoms with Crippen LogP contribution in [0.15, 0.2) is 24.3 Å². The zero-order valence-corrected chi connectivity index (χ0v) is 9.17. The number of piperazine rings is 1. The van der Waals surface area contributed by atoms with Gasteiger partial charge in [-0.1, -0.05) is 12.1 Å². The van der Waals surface area contributed by atoms with Gasteiger partial charge in [0.2, 0.25) is 0 Å². The second-order valence-electron chi connectivity index (χ2n) is 4.08. The van der Waals surface area contributed by atoms with E-state index in [1.165, 1.54) is 12.1 Å². The lowest BCUT2D eigenvalue weighted by Gasteiger charge is -2.32. The van der Waals surface area contributed by atoms with Crippen LogP contribution in [0.4, 0.5) is 13.2 Å². The maximum absolute atomic E-state index is 12.4. The highest BCUT2D eigenvalue weighted by molar-refractivity contribution is 5.27. The van der Waals surface area contributed by atoms with Gasteiger partial charge in [-0.15, -0.1) is 0 Å². The van der Waals surface area contributed by atoms with E-state index in [4.69, 9.17) is 5.84 Å². The van der Waals surface area contributed by atoms with Crippen molar-refractivity contribution >= 4 is 0 Å². The Kier molecular flexibility index (Phi) is 3.37. The summed E-state index contributed by atoms with van der Waals surface area (Å²) in [5.41, 5.74) is 0.168. The third kappa shape index (κ3) is 2.77. The van der Waals surface area contributed by atoms with Crippen LogP contribution in [0.5, 0.6) is 0 Å². The SMILES string of the molecule is NN1CCNCC1c1ccc(C(F)(F)F)cc1. The number of hydrazine groups is 1. The van der Waals surface area contributed by atoms with Crippen LogP contribution in [-0.2, 0) is 6.18 Å². The van der Waals surface area contributed by atoms with Crippen LogP contribution in [0, 0.1) is 0 Å². The third-order valence-electron chi connectivity index (χ3n) is 2.91. The Morgan fingerprint density at radius 2 is 1.88 bits per heavy atom. The van der Waals surface area contributed by atoms with Crippen molar-refractivity contribution in [1.82, 2.24) is 10.3 Å². The van der Waals surface area contributed by atoms with Crippen molar-refractivity contribution in [3.8, 4) is 0 Å². The molecule has 3 N–H and O–H groups in total. The van der Waals surface area contributed by atoms with Gasteiger partial charge < -0.3 is 5.32 Å². The molecule has 3 nitrogen and oxygen atoms in total. The molecule has 0 aliphatic carbocycles. The number of hydrogen-bond donors (Lipinski definition) is 2. The predicted molar refractivity (Wildman–Crippen MR) is 57.9 cm³/mol. The number of halogens is 3. The molecule has 0 amide bonds. The Bertz CT molecular complexity index is 375. The van der Waals surface area contributed by atoms with Crippen molar-refractivity contribution in [3.05, 3.63) is 35.4 Å². The Labute approximate surface area is 97.4 Å². The van der Waals surface area contributed by atoms with E-state index in [0.29, 0.717) is 13.1 Å². The van der Waals surface area contributed by atoms with Gasteiger partial charge in [-0.05, 0) is 17.7 Å². The molecule has 1 atom stereocenters. The Balaban J connectivity index is 2.17. The Hall–Kier alpha value is -1.11. The number of alkyl halides is 3. The van der Waals surface area contributed by atoms with Crippen LogP contribution in [0.25, 0.3) is 0 Å². The molecule has 1 heterocycles. The van der Waals surface area contributed by atoms with Gasteiger partial charge in [0, 0.05) is 19.6 Å². The van der Waals surface area contributed by atoms with E-state index >= 15 is 0 Å². The molecule has 94 valence electrons. The number of nitrogens with zero attached hydrogens (tertiary/aromatic N) is 1. The van der Waals surface area contributed by atoms with E-state index in [1.54, 1.807) is 5.01 Å². The van der Waals surface area contributed by atoms with Crippen molar-refractivity contribution in [2.24, 2.45) is 5.84 Å². The van der Waals surface area contributed by atoms with Crippen molar-refractivity contribution in [3.63, 3.8) is 0 Å². The summed E-state index contributed by atoms with van der Waals surface area (Å²) in [5, 5.41) is 4.82. The van der Waals surface area contributed by atoms with Gasteiger partial charge in [-0.2, -0.15) is 13.2 Å². The van der Waals surface area contributed by atoms with Gasteiger partial charge in [0.1, 0.15) is 0 Å². The van der Waals surface area contributed by atoms with Crippen LogP contribution < -0.4 is 11.2 Å². The van der Waals surface area contributed by atoms with Crippen LogP contribution in [0.1, 0.15) is 17.2 Å². The maximum Gasteiger partial charge on any atom is 0.416 e. The van der Waals surface area contributed by atoms with Crippen molar-refractivity contribution in [1.29, 1.82) is 0 Å².